The number of esters is 1. The van der Waals surface area contributed by atoms with E-state index in [1.165, 1.54) is 19.2 Å². The summed E-state index contributed by atoms with van der Waals surface area (Å²) in [5, 5.41) is 18.3. The van der Waals surface area contributed by atoms with Gasteiger partial charge < -0.3 is 9.15 Å². The van der Waals surface area contributed by atoms with Crippen molar-refractivity contribution in [2.75, 3.05) is 7.11 Å². The van der Waals surface area contributed by atoms with E-state index in [2.05, 4.69) is 19.9 Å². The first-order valence-corrected chi connectivity index (χ1v) is 6.04. The fraction of sp³-hybridized carbons (Fsp3) is 0.200. The van der Waals surface area contributed by atoms with Crippen molar-refractivity contribution in [1.82, 2.24) is 15.2 Å². The van der Waals surface area contributed by atoms with Gasteiger partial charge >= 0.3 is 11.7 Å². The molecule has 0 spiro atoms. The van der Waals surface area contributed by atoms with Crippen LogP contribution in [0.3, 0.4) is 0 Å². The fourth-order valence-electron chi connectivity index (χ4n) is 1.27. The first-order valence-electron chi connectivity index (χ1n) is 5.23. The number of nitrogens with zero attached hydrogens (tertiary/aromatic N) is 4. The second kappa shape index (κ2) is 5.65. The third kappa shape index (κ3) is 2.91. The summed E-state index contributed by atoms with van der Waals surface area (Å²) in [6.07, 6.45) is 0. The summed E-state index contributed by atoms with van der Waals surface area (Å²) >= 11 is 0.805. The summed E-state index contributed by atoms with van der Waals surface area (Å²) < 4.78 is 9.62. The minimum Gasteiger partial charge on any atom is -0.464 e. The Morgan fingerprint density at radius 2 is 2.20 bits per heavy atom. The highest BCUT2D eigenvalue weighted by atomic mass is 32.2. The molecular weight excluding hydrogens is 288 g/mol. The number of carbonyl (C=O) groups is 1. The monoisotopic (exact) mass is 296 g/mol. The van der Waals surface area contributed by atoms with E-state index in [1.54, 1.807) is 6.92 Å². The predicted octanol–water partition coefficient (Wildman–Crippen LogP) is 1.62. The third-order valence-electron chi connectivity index (χ3n) is 2.12. The SMILES string of the molecule is COC(=O)c1ccc([N+](=O)[O-])c(Sc2nnc(C)o2)n1. The van der Waals surface area contributed by atoms with E-state index in [0.29, 0.717) is 5.89 Å². The molecule has 0 aliphatic heterocycles. The summed E-state index contributed by atoms with van der Waals surface area (Å²) in [6.45, 7) is 1.59. The van der Waals surface area contributed by atoms with Crippen molar-refractivity contribution in [2.45, 2.75) is 17.2 Å². The van der Waals surface area contributed by atoms with Crippen LogP contribution in [0.1, 0.15) is 16.4 Å². The summed E-state index contributed by atoms with van der Waals surface area (Å²) in [5.74, 6) is -0.372. The number of hydrogen-bond acceptors (Lipinski definition) is 9. The van der Waals surface area contributed by atoms with Crippen LogP contribution in [0.25, 0.3) is 0 Å². The Bertz CT molecular complexity index is 671. The molecule has 0 aliphatic carbocycles. The molecule has 0 aliphatic rings. The van der Waals surface area contributed by atoms with E-state index < -0.39 is 10.9 Å². The molecule has 0 atom stereocenters. The topological polar surface area (TPSA) is 121 Å². The Hall–Kier alpha value is -2.49. The van der Waals surface area contributed by atoms with Crippen molar-refractivity contribution in [1.29, 1.82) is 0 Å². The van der Waals surface area contributed by atoms with Crippen LogP contribution in [0.15, 0.2) is 26.8 Å². The summed E-state index contributed by atoms with van der Waals surface area (Å²) in [4.78, 5) is 25.6. The number of aryl methyl sites for hydroxylation is 1. The number of ether oxygens (including phenoxy) is 1. The maximum atomic E-state index is 11.4. The van der Waals surface area contributed by atoms with Gasteiger partial charge in [-0.2, -0.15) is 0 Å². The van der Waals surface area contributed by atoms with E-state index in [-0.39, 0.29) is 21.6 Å². The van der Waals surface area contributed by atoms with Gasteiger partial charge in [-0.3, -0.25) is 10.1 Å². The molecule has 9 nitrogen and oxygen atoms in total. The van der Waals surface area contributed by atoms with Gasteiger partial charge in [0.2, 0.25) is 5.89 Å². The number of methoxy groups -OCH3 is 1. The first-order chi connectivity index (χ1) is 9.51. The minimum absolute atomic E-state index is 0.0263. The van der Waals surface area contributed by atoms with Crippen molar-refractivity contribution in [3.8, 4) is 0 Å². The Kier molecular flexibility index (Phi) is 3.94. The molecule has 0 saturated carbocycles. The van der Waals surface area contributed by atoms with Crippen molar-refractivity contribution in [2.24, 2.45) is 0 Å². The molecule has 0 N–H and O–H groups in total. The smallest absolute Gasteiger partial charge is 0.356 e. The van der Waals surface area contributed by atoms with Gasteiger partial charge in [-0.05, 0) is 17.8 Å². The Morgan fingerprint density at radius 1 is 1.45 bits per heavy atom. The highest BCUT2D eigenvalue weighted by molar-refractivity contribution is 7.99. The van der Waals surface area contributed by atoms with Crippen molar-refractivity contribution < 1.29 is 18.9 Å². The predicted molar refractivity (Wildman–Crippen MR) is 65.4 cm³/mol. The normalized spacial score (nSPS) is 10.3. The highest BCUT2D eigenvalue weighted by Gasteiger charge is 2.22. The molecule has 2 heterocycles. The zero-order chi connectivity index (χ0) is 14.7. The standard InChI is InChI=1S/C10H8N4O5S/c1-5-12-13-10(19-5)20-8-7(14(16)17)4-3-6(11-8)9(15)18-2/h3-4H,1-2H3. The zero-order valence-electron chi connectivity index (χ0n) is 10.4. The fourth-order valence-corrected chi connectivity index (χ4v) is 2.07. The Balaban J connectivity index is 2.41. The van der Waals surface area contributed by atoms with Gasteiger partial charge in [-0.1, -0.05) is 0 Å². The molecule has 10 heteroatoms. The second-order valence-corrected chi connectivity index (χ2v) is 4.40. The average Bonchev–Trinajstić information content (AvgIpc) is 2.82. The number of rotatable bonds is 4. The number of carbonyl (C=O) groups excluding carboxylic acids is 1. The zero-order valence-corrected chi connectivity index (χ0v) is 11.2. The molecule has 0 bridgehead atoms. The van der Waals surface area contributed by atoms with E-state index in [1.807, 2.05) is 0 Å². The van der Waals surface area contributed by atoms with Crippen LogP contribution in [0.5, 0.6) is 0 Å². The van der Waals surface area contributed by atoms with Crippen LogP contribution in [0, 0.1) is 17.0 Å². The number of pyridine rings is 1. The molecule has 2 aromatic heterocycles. The van der Waals surface area contributed by atoms with E-state index in [4.69, 9.17) is 4.42 Å². The lowest BCUT2D eigenvalue weighted by atomic mass is 10.3. The third-order valence-corrected chi connectivity index (χ3v) is 2.96. The summed E-state index contributed by atoms with van der Waals surface area (Å²) in [5.41, 5.74) is -0.310. The van der Waals surface area contributed by atoms with Gasteiger partial charge in [0.1, 0.15) is 5.69 Å². The molecule has 0 fully saturated rings. The number of nitro groups is 1. The average molecular weight is 296 g/mol. The molecule has 2 aromatic rings. The lowest BCUT2D eigenvalue weighted by Gasteiger charge is -2.02. The Labute approximate surface area is 116 Å². The summed E-state index contributed by atoms with van der Waals surface area (Å²) in [7, 11) is 1.19. The number of aromatic nitrogens is 3. The molecule has 104 valence electrons. The highest BCUT2D eigenvalue weighted by Crippen LogP contribution is 2.32. The van der Waals surface area contributed by atoms with Crippen LogP contribution in [0.2, 0.25) is 0 Å². The second-order valence-electron chi connectivity index (χ2n) is 3.46. The van der Waals surface area contributed by atoms with Gasteiger partial charge in [0, 0.05) is 13.0 Å². The number of hydrogen-bond donors (Lipinski definition) is 0. The molecular formula is C10H8N4O5S. The van der Waals surface area contributed by atoms with E-state index in [9.17, 15) is 14.9 Å². The van der Waals surface area contributed by atoms with Crippen LogP contribution >= 0.6 is 11.8 Å². The van der Waals surface area contributed by atoms with Gasteiger partial charge in [-0.15, -0.1) is 10.2 Å². The van der Waals surface area contributed by atoms with Gasteiger partial charge in [-0.25, -0.2) is 9.78 Å². The maximum absolute atomic E-state index is 11.4. The van der Waals surface area contributed by atoms with Crippen molar-refractivity contribution >= 4 is 23.4 Å². The summed E-state index contributed by atoms with van der Waals surface area (Å²) in [6, 6.07) is 2.39. The van der Waals surface area contributed by atoms with Gasteiger partial charge in [0.15, 0.2) is 5.03 Å². The first kappa shape index (κ1) is 13.9. The van der Waals surface area contributed by atoms with E-state index in [0.717, 1.165) is 11.8 Å². The quantitative estimate of drug-likeness (QED) is 0.470. The van der Waals surface area contributed by atoms with Crippen LogP contribution in [0.4, 0.5) is 5.69 Å². The lowest BCUT2D eigenvalue weighted by molar-refractivity contribution is -0.388. The Morgan fingerprint density at radius 3 is 2.75 bits per heavy atom. The molecule has 20 heavy (non-hydrogen) atoms. The lowest BCUT2D eigenvalue weighted by Crippen LogP contribution is -2.06. The largest absolute Gasteiger partial charge is 0.464 e. The molecule has 2 rings (SSSR count). The van der Waals surface area contributed by atoms with E-state index >= 15 is 0 Å². The minimum atomic E-state index is -0.691. The van der Waals surface area contributed by atoms with Crippen molar-refractivity contribution in [3.63, 3.8) is 0 Å². The molecule has 0 aromatic carbocycles. The molecule has 0 unspecified atom stereocenters. The van der Waals surface area contributed by atoms with Gasteiger partial charge in [0.05, 0.1) is 12.0 Å². The van der Waals surface area contributed by atoms with Crippen LogP contribution in [-0.4, -0.2) is 33.2 Å². The molecule has 0 saturated heterocycles. The van der Waals surface area contributed by atoms with Gasteiger partial charge in [0.25, 0.3) is 5.22 Å². The maximum Gasteiger partial charge on any atom is 0.356 e. The molecule has 0 radical (unpaired) electrons. The van der Waals surface area contributed by atoms with Crippen LogP contribution in [-0.2, 0) is 4.74 Å². The molecule has 0 amide bonds. The van der Waals surface area contributed by atoms with Crippen molar-refractivity contribution in [3.05, 3.63) is 33.8 Å². The van der Waals surface area contributed by atoms with Crippen LogP contribution < -0.4 is 0 Å².